The molecule has 0 atom stereocenters. The van der Waals surface area contributed by atoms with Crippen molar-refractivity contribution in [2.45, 2.75) is 58.3 Å². The van der Waals surface area contributed by atoms with Crippen LogP contribution in [0, 0.1) is 0 Å². The predicted molar refractivity (Wildman–Crippen MR) is 98.9 cm³/mol. The van der Waals surface area contributed by atoms with Crippen molar-refractivity contribution in [3.63, 3.8) is 0 Å². The summed E-state index contributed by atoms with van der Waals surface area (Å²) in [5, 5.41) is 10.3. The molecule has 5 nitrogen and oxygen atoms in total. The van der Waals surface area contributed by atoms with Gasteiger partial charge in [-0.15, -0.1) is 0 Å². The Bertz CT molecular complexity index is 702. The Morgan fingerprint density at radius 2 is 1.65 bits per heavy atom. The number of hydrogen-bond acceptors (Lipinski definition) is 5. The molecule has 0 heterocycles. The second-order valence-electron chi connectivity index (χ2n) is 6.52. The first-order chi connectivity index (χ1) is 12.6. The van der Waals surface area contributed by atoms with Gasteiger partial charge in [0, 0.05) is 23.1 Å². The third-order valence-corrected chi connectivity index (χ3v) is 4.51. The number of aliphatic hydroxyl groups is 1. The lowest BCUT2D eigenvalue weighted by atomic mass is 9.86. The zero-order chi connectivity index (χ0) is 18.9. The minimum absolute atomic E-state index is 0.101. The highest BCUT2D eigenvalue weighted by Crippen LogP contribution is 2.29. The predicted octanol–water partition coefficient (Wildman–Crippen LogP) is 4.41. The number of ether oxygens (including phenoxy) is 1. The molecule has 1 N–H and O–H groups in total. The van der Waals surface area contributed by atoms with Gasteiger partial charge in [0.05, 0.1) is 6.61 Å². The van der Waals surface area contributed by atoms with Crippen LogP contribution in [-0.2, 0) is 14.3 Å². The van der Waals surface area contributed by atoms with Gasteiger partial charge >= 0.3 is 5.97 Å². The van der Waals surface area contributed by atoms with Crippen molar-refractivity contribution in [3.8, 4) is 0 Å². The maximum absolute atomic E-state index is 12.2. The van der Waals surface area contributed by atoms with Gasteiger partial charge in [-0.2, -0.15) is 0 Å². The maximum atomic E-state index is 12.2. The van der Waals surface area contributed by atoms with Crippen molar-refractivity contribution in [2.24, 2.45) is 0 Å². The number of Topliss-reactive ketones (excluding diaryl/α,β-unsaturated/α-hetero) is 2. The first-order valence-electron chi connectivity index (χ1n) is 9.32. The Hall–Kier alpha value is -2.43. The highest BCUT2D eigenvalue weighted by Gasteiger charge is 2.31. The molecule has 0 spiro atoms. The van der Waals surface area contributed by atoms with Gasteiger partial charge in [-0.05, 0) is 19.3 Å². The van der Waals surface area contributed by atoms with Gasteiger partial charge in [0.2, 0.25) is 11.6 Å². The summed E-state index contributed by atoms with van der Waals surface area (Å²) >= 11 is 0. The van der Waals surface area contributed by atoms with Gasteiger partial charge in [-0.1, -0.05) is 56.9 Å². The van der Waals surface area contributed by atoms with Crippen LogP contribution in [0.25, 0.3) is 5.76 Å². The number of allylic oxidation sites excluding steroid dienone is 1. The monoisotopic (exact) mass is 358 g/mol. The van der Waals surface area contributed by atoms with E-state index in [2.05, 4.69) is 6.92 Å². The van der Waals surface area contributed by atoms with Crippen LogP contribution in [0.15, 0.2) is 29.8 Å². The molecular weight excluding hydrogens is 332 g/mol. The smallest absolute Gasteiger partial charge is 0.305 e. The van der Waals surface area contributed by atoms with Crippen molar-refractivity contribution in [1.29, 1.82) is 0 Å². The summed E-state index contributed by atoms with van der Waals surface area (Å²) in [7, 11) is 0. The number of esters is 1. The molecule has 0 aliphatic heterocycles. The fraction of sp³-hybridized carbons (Fsp3) is 0.476. The van der Waals surface area contributed by atoms with Crippen molar-refractivity contribution >= 4 is 23.3 Å². The average Bonchev–Trinajstić information content (AvgIpc) is 2.65. The molecule has 0 amide bonds. The minimum atomic E-state index is -0.677. The van der Waals surface area contributed by atoms with E-state index >= 15 is 0 Å². The third kappa shape index (κ3) is 5.04. The SMILES string of the molecule is CCCCCCCC(=O)OCCCC1=C(O)c2ccccc2C(=O)C1=O. The molecule has 0 saturated carbocycles. The van der Waals surface area contributed by atoms with Crippen LogP contribution >= 0.6 is 0 Å². The van der Waals surface area contributed by atoms with Gasteiger partial charge in [0.25, 0.3) is 0 Å². The van der Waals surface area contributed by atoms with E-state index < -0.39 is 11.6 Å². The lowest BCUT2D eigenvalue weighted by molar-refractivity contribution is -0.143. The Morgan fingerprint density at radius 3 is 2.38 bits per heavy atom. The fourth-order valence-corrected chi connectivity index (χ4v) is 3.03. The number of fused-ring (bicyclic) bond motifs is 1. The summed E-state index contributed by atoms with van der Waals surface area (Å²) in [6, 6.07) is 6.51. The molecule has 5 heteroatoms. The molecular formula is C21H26O5. The number of unbranched alkanes of at least 4 members (excludes halogenated alkanes) is 4. The topological polar surface area (TPSA) is 80.7 Å². The molecule has 0 bridgehead atoms. The maximum Gasteiger partial charge on any atom is 0.305 e. The molecule has 2 rings (SSSR count). The zero-order valence-electron chi connectivity index (χ0n) is 15.3. The number of benzene rings is 1. The minimum Gasteiger partial charge on any atom is -0.507 e. The van der Waals surface area contributed by atoms with Crippen LogP contribution in [0.1, 0.15) is 74.2 Å². The summed E-state index contributed by atoms with van der Waals surface area (Å²) in [6.07, 6.45) is 6.34. The molecule has 1 aromatic carbocycles. The lowest BCUT2D eigenvalue weighted by Gasteiger charge is -2.17. The zero-order valence-corrected chi connectivity index (χ0v) is 15.3. The summed E-state index contributed by atoms with van der Waals surface area (Å²) in [5.41, 5.74) is 0.716. The molecule has 0 saturated heterocycles. The molecule has 140 valence electrons. The standard InChI is InChI=1S/C21H26O5/c1-2-3-4-5-6-13-18(22)26-14-9-12-17-19(23)15-10-7-8-11-16(15)20(24)21(17)25/h7-8,10-11,23H,2-6,9,12-14H2,1H3. The van der Waals surface area contributed by atoms with Gasteiger partial charge in [0.1, 0.15) is 5.76 Å². The van der Waals surface area contributed by atoms with Gasteiger partial charge in [-0.25, -0.2) is 0 Å². The second-order valence-corrected chi connectivity index (χ2v) is 6.52. The fourth-order valence-electron chi connectivity index (χ4n) is 3.03. The Balaban J connectivity index is 1.80. The number of hydrogen-bond donors (Lipinski definition) is 1. The third-order valence-electron chi connectivity index (χ3n) is 4.51. The molecule has 1 aliphatic carbocycles. The lowest BCUT2D eigenvalue weighted by Crippen LogP contribution is -2.24. The molecule has 0 aromatic heterocycles. The van der Waals surface area contributed by atoms with Crippen LogP contribution in [0.3, 0.4) is 0 Å². The van der Waals surface area contributed by atoms with Crippen LogP contribution in [0.2, 0.25) is 0 Å². The van der Waals surface area contributed by atoms with Crippen molar-refractivity contribution < 1.29 is 24.2 Å². The van der Waals surface area contributed by atoms with Crippen LogP contribution in [-0.4, -0.2) is 29.2 Å². The van der Waals surface area contributed by atoms with Gasteiger partial charge < -0.3 is 9.84 Å². The molecule has 0 unspecified atom stereocenters. The van der Waals surface area contributed by atoms with E-state index in [0.29, 0.717) is 18.4 Å². The summed E-state index contributed by atoms with van der Waals surface area (Å²) in [5.74, 6) is -1.66. The highest BCUT2D eigenvalue weighted by atomic mass is 16.5. The van der Waals surface area contributed by atoms with E-state index in [0.717, 1.165) is 19.3 Å². The second kappa shape index (κ2) is 9.90. The van der Waals surface area contributed by atoms with E-state index in [9.17, 15) is 19.5 Å². The van der Waals surface area contributed by atoms with E-state index in [1.165, 1.54) is 18.9 Å². The van der Waals surface area contributed by atoms with Crippen molar-refractivity contribution in [3.05, 3.63) is 41.0 Å². The van der Waals surface area contributed by atoms with E-state index in [4.69, 9.17) is 4.74 Å². The van der Waals surface area contributed by atoms with Gasteiger partial charge in [0.15, 0.2) is 0 Å². The Morgan fingerprint density at radius 1 is 0.962 bits per heavy atom. The van der Waals surface area contributed by atoms with Crippen molar-refractivity contribution in [1.82, 2.24) is 0 Å². The summed E-state index contributed by atoms with van der Waals surface area (Å²) in [4.78, 5) is 36.0. The Kier molecular flexibility index (Phi) is 7.57. The Labute approximate surface area is 154 Å². The molecule has 0 radical (unpaired) electrons. The largest absolute Gasteiger partial charge is 0.507 e. The molecule has 0 fully saturated rings. The first-order valence-corrected chi connectivity index (χ1v) is 9.32. The average molecular weight is 358 g/mol. The quantitative estimate of drug-likeness (QED) is 0.381. The molecule has 1 aliphatic rings. The van der Waals surface area contributed by atoms with E-state index in [1.807, 2.05) is 0 Å². The van der Waals surface area contributed by atoms with E-state index in [-0.39, 0.29) is 35.9 Å². The van der Waals surface area contributed by atoms with Crippen LogP contribution in [0.4, 0.5) is 0 Å². The number of aliphatic hydroxyl groups excluding tert-OH is 1. The summed E-state index contributed by atoms with van der Waals surface area (Å²) < 4.78 is 5.17. The van der Waals surface area contributed by atoms with Gasteiger partial charge in [-0.3, -0.25) is 14.4 Å². The molecule has 26 heavy (non-hydrogen) atoms. The number of ketones is 2. The van der Waals surface area contributed by atoms with Crippen molar-refractivity contribution in [2.75, 3.05) is 6.61 Å². The van der Waals surface area contributed by atoms with E-state index in [1.54, 1.807) is 18.2 Å². The number of carbonyl (C=O) groups is 3. The summed E-state index contributed by atoms with van der Waals surface area (Å²) in [6.45, 7) is 2.32. The highest BCUT2D eigenvalue weighted by molar-refractivity contribution is 6.52. The number of rotatable bonds is 10. The number of carbonyl (C=O) groups excluding carboxylic acids is 3. The van der Waals surface area contributed by atoms with Crippen LogP contribution < -0.4 is 0 Å². The molecule has 1 aromatic rings. The van der Waals surface area contributed by atoms with Crippen LogP contribution in [0.5, 0.6) is 0 Å². The first kappa shape index (κ1) is 19.9. The normalized spacial score (nSPS) is 13.7.